The Morgan fingerprint density at radius 2 is 1.52 bits per heavy atom. The van der Waals surface area contributed by atoms with Gasteiger partial charge in [0.05, 0.1) is 6.61 Å². The molecule has 0 spiro atoms. The van der Waals surface area contributed by atoms with Crippen LogP contribution in [-0.2, 0) is 11.2 Å². The summed E-state index contributed by atoms with van der Waals surface area (Å²) in [5.41, 5.74) is 3.15. The standard InChI is InChI=1S/C24H29NO2/c1-5-27-22-14-12-20(13-15-22)7-6-19-8-10-21(11-9-19)16-17-25-23(26)18-24(2,3)4/h8-15H,5,16-18H2,1-4H3,(H,25,26). The Bertz CT molecular complexity index is 788. The monoisotopic (exact) mass is 363 g/mol. The molecule has 0 aliphatic heterocycles. The molecular weight excluding hydrogens is 334 g/mol. The minimum absolute atomic E-state index is 0.0216. The molecule has 3 nitrogen and oxygen atoms in total. The van der Waals surface area contributed by atoms with Gasteiger partial charge in [-0.15, -0.1) is 0 Å². The van der Waals surface area contributed by atoms with Crippen molar-refractivity contribution in [2.24, 2.45) is 5.41 Å². The molecular formula is C24H29NO2. The minimum atomic E-state index is 0.0216. The molecule has 3 heteroatoms. The van der Waals surface area contributed by atoms with Gasteiger partial charge in [-0.3, -0.25) is 4.79 Å². The summed E-state index contributed by atoms with van der Waals surface area (Å²) < 4.78 is 5.43. The van der Waals surface area contributed by atoms with Crippen LogP contribution < -0.4 is 10.1 Å². The van der Waals surface area contributed by atoms with Crippen molar-refractivity contribution in [2.75, 3.05) is 13.2 Å². The Kier molecular flexibility index (Phi) is 7.49. The van der Waals surface area contributed by atoms with Crippen LogP contribution in [0.25, 0.3) is 0 Å². The second kappa shape index (κ2) is 9.83. The normalized spacial score (nSPS) is 10.7. The molecule has 0 saturated heterocycles. The molecule has 0 fully saturated rings. The topological polar surface area (TPSA) is 38.3 Å². The first-order valence-corrected chi connectivity index (χ1v) is 9.46. The molecule has 1 amide bonds. The number of carbonyl (C=O) groups excluding carboxylic acids is 1. The quantitative estimate of drug-likeness (QED) is 0.763. The predicted molar refractivity (Wildman–Crippen MR) is 111 cm³/mol. The lowest BCUT2D eigenvalue weighted by molar-refractivity contribution is -0.122. The van der Waals surface area contributed by atoms with Crippen LogP contribution >= 0.6 is 0 Å². The number of nitrogens with one attached hydrogen (secondary N) is 1. The van der Waals surface area contributed by atoms with Gasteiger partial charge in [0.2, 0.25) is 5.91 Å². The Balaban J connectivity index is 1.84. The van der Waals surface area contributed by atoms with Crippen LogP contribution in [0, 0.1) is 17.3 Å². The summed E-state index contributed by atoms with van der Waals surface area (Å²) in [5, 5.41) is 2.99. The summed E-state index contributed by atoms with van der Waals surface area (Å²) in [4.78, 5) is 11.8. The molecule has 0 aromatic heterocycles. The summed E-state index contributed by atoms with van der Waals surface area (Å²) in [7, 11) is 0. The summed E-state index contributed by atoms with van der Waals surface area (Å²) in [6.07, 6.45) is 1.37. The van der Waals surface area contributed by atoms with Gasteiger partial charge in [-0.2, -0.15) is 0 Å². The third-order valence-electron chi connectivity index (χ3n) is 3.90. The van der Waals surface area contributed by atoms with E-state index in [4.69, 9.17) is 4.74 Å². The maximum absolute atomic E-state index is 11.8. The van der Waals surface area contributed by atoms with E-state index < -0.39 is 0 Å². The molecule has 0 radical (unpaired) electrons. The van der Waals surface area contributed by atoms with E-state index >= 15 is 0 Å². The van der Waals surface area contributed by atoms with E-state index in [1.165, 1.54) is 5.56 Å². The van der Waals surface area contributed by atoms with E-state index in [0.29, 0.717) is 19.6 Å². The largest absolute Gasteiger partial charge is 0.494 e. The third kappa shape index (κ3) is 8.00. The first-order valence-electron chi connectivity index (χ1n) is 9.46. The van der Waals surface area contributed by atoms with Crippen molar-refractivity contribution in [3.8, 4) is 17.6 Å². The van der Waals surface area contributed by atoms with Crippen LogP contribution in [0.5, 0.6) is 5.75 Å². The van der Waals surface area contributed by atoms with Gasteiger partial charge >= 0.3 is 0 Å². The molecule has 27 heavy (non-hydrogen) atoms. The van der Waals surface area contributed by atoms with Gasteiger partial charge in [-0.25, -0.2) is 0 Å². The van der Waals surface area contributed by atoms with E-state index in [0.717, 1.165) is 23.3 Å². The van der Waals surface area contributed by atoms with Crippen molar-refractivity contribution in [3.63, 3.8) is 0 Å². The molecule has 0 saturated carbocycles. The number of rotatable bonds is 6. The average Bonchev–Trinajstić information content (AvgIpc) is 2.61. The fraction of sp³-hybridized carbons (Fsp3) is 0.375. The predicted octanol–water partition coefficient (Wildman–Crippen LogP) is 4.58. The molecule has 2 aromatic carbocycles. The zero-order valence-corrected chi connectivity index (χ0v) is 16.8. The second-order valence-electron chi connectivity index (χ2n) is 7.74. The molecule has 1 N–H and O–H groups in total. The number of hydrogen-bond donors (Lipinski definition) is 1. The SMILES string of the molecule is CCOc1ccc(C#Cc2ccc(CCNC(=O)CC(C)(C)C)cc2)cc1. The third-order valence-corrected chi connectivity index (χ3v) is 3.90. The summed E-state index contributed by atoms with van der Waals surface area (Å²) in [5.74, 6) is 7.32. The first kappa shape index (κ1) is 20.6. The van der Waals surface area contributed by atoms with Gasteiger partial charge in [0, 0.05) is 24.1 Å². The van der Waals surface area contributed by atoms with E-state index in [9.17, 15) is 4.79 Å². The number of hydrogen-bond acceptors (Lipinski definition) is 2. The van der Waals surface area contributed by atoms with Gasteiger partial charge in [0.15, 0.2) is 0 Å². The summed E-state index contributed by atoms with van der Waals surface area (Å²) in [6.45, 7) is 9.50. The van der Waals surface area contributed by atoms with Crippen LogP contribution in [0.1, 0.15) is 50.8 Å². The molecule has 0 heterocycles. The van der Waals surface area contributed by atoms with E-state index in [-0.39, 0.29) is 11.3 Å². The molecule has 0 atom stereocenters. The number of amides is 1. The Labute approximate surface area is 163 Å². The zero-order chi connectivity index (χ0) is 19.7. The molecule has 2 rings (SSSR count). The maximum Gasteiger partial charge on any atom is 0.220 e. The average molecular weight is 364 g/mol. The van der Waals surface area contributed by atoms with Crippen molar-refractivity contribution < 1.29 is 9.53 Å². The van der Waals surface area contributed by atoms with Crippen LogP contribution in [0.15, 0.2) is 48.5 Å². The Hall–Kier alpha value is -2.73. The van der Waals surface area contributed by atoms with Crippen LogP contribution in [0.4, 0.5) is 0 Å². The molecule has 0 aliphatic rings. The lowest BCUT2D eigenvalue weighted by atomic mass is 9.92. The van der Waals surface area contributed by atoms with Crippen LogP contribution in [0.2, 0.25) is 0 Å². The number of carbonyl (C=O) groups is 1. The molecule has 0 unspecified atom stereocenters. The second-order valence-corrected chi connectivity index (χ2v) is 7.74. The van der Waals surface area contributed by atoms with Gasteiger partial charge in [-0.05, 0) is 60.7 Å². The molecule has 0 bridgehead atoms. The summed E-state index contributed by atoms with van der Waals surface area (Å²) >= 11 is 0. The van der Waals surface area contributed by atoms with Gasteiger partial charge in [0.25, 0.3) is 0 Å². The van der Waals surface area contributed by atoms with E-state index in [1.807, 2.05) is 43.3 Å². The number of ether oxygens (including phenoxy) is 1. The maximum atomic E-state index is 11.8. The van der Waals surface area contributed by atoms with Crippen molar-refractivity contribution in [2.45, 2.75) is 40.5 Å². The highest BCUT2D eigenvalue weighted by atomic mass is 16.5. The Morgan fingerprint density at radius 3 is 2.04 bits per heavy atom. The lowest BCUT2D eigenvalue weighted by Gasteiger charge is -2.17. The number of benzene rings is 2. The molecule has 0 aliphatic carbocycles. The fourth-order valence-electron chi connectivity index (χ4n) is 2.59. The van der Waals surface area contributed by atoms with Gasteiger partial charge in [0.1, 0.15) is 5.75 Å². The Morgan fingerprint density at radius 1 is 0.963 bits per heavy atom. The van der Waals surface area contributed by atoms with Gasteiger partial charge < -0.3 is 10.1 Å². The molecule has 2 aromatic rings. The van der Waals surface area contributed by atoms with Crippen molar-refractivity contribution in [1.29, 1.82) is 0 Å². The van der Waals surface area contributed by atoms with E-state index in [2.05, 4.69) is 50.1 Å². The zero-order valence-electron chi connectivity index (χ0n) is 16.8. The van der Waals surface area contributed by atoms with Crippen molar-refractivity contribution in [3.05, 3.63) is 65.2 Å². The van der Waals surface area contributed by atoms with Crippen LogP contribution in [-0.4, -0.2) is 19.1 Å². The highest BCUT2D eigenvalue weighted by Gasteiger charge is 2.15. The van der Waals surface area contributed by atoms with E-state index in [1.54, 1.807) is 0 Å². The van der Waals surface area contributed by atoms with Crippen LogP contribution in [0.3, 0.4) is 0 Å². The van der Waals surface area contributed by atoms with Crippen molar-refractivity contribution >= 4 is 5.91 Å². The minimum Gasteiger partial charge on any atom is -0.494 e. The highest BCUT2D eigenvalue weighted by molar-refractivity contribution is 5.76. The van der Waals surface area contributed by atoms with Gasteiger partial charge in [-0.1, -0.05) is 44.7 Å². The molecule has 142 valence electrons. The highest BCUT2D eigenvalue weighted by Crippen LogP contribution is 2.17. The lowest BCUT2D eigenvalue weighted by Crippen LogP contribution is -2.29. The van der Waals surface area contributed by atoms with Crippen molar-refractivity contribution in [1.82, 2.24) is 5.32 Å². The fourth-order valence-corrected chi connectivity index (χ4v) is 2.59. The summed E-state index contributed by atoms with van der Waals surface area (Å²) in [6, 6.07) is 16.0. The first-order chi connectivity index (χ1) is 12.9. The smallest absolute Gasteiger partial charge is 0.220 e.